The van der Waals surface area contributed by atoms with Gasteiger partial charge in [-0.15, -0.1) is 0 Å². The number of carboxylic acids is 1. The van der Waals surface area contributed by atoms with Crippen LogP contribution >= 0.6 is 0 Å². The predicted molar refractivity (Wildman–Crippen MR) is 76.5 cm³/mol. The summed E-state index contributed by atoms with van der Waals surface area (Å²) < 4.78 is 11.0. The van der Waals surface area contributed by atoms with E-state index in [0.717, 1.165) is 5.52 Å². The zero-order chi connectivity index (χ0) is 14.8. The molecule has 5 nitrogen and oxygen atoms in total. The van der Waals surface area contributed by atoms with Gasteiger partial charge in [0.1, 0.15) is 17.9 Å². The summed E-state index contributed by atoms with van der Waals surface area (Å²) in [4.78, 5) is 15.4. The van der Waals surface area contributed by atoms with E-state index in [2.05, 4.69) is 4.98 Å². The smallest absolute Gasteiger partial charge is 0.336 e. The van der Waals surface area contributed by atoms with Crippen molar-refractivity contribution in [3.8, 4) is 5.75 Å². The van der Waals surface area contributed by atoms with Crippen LogP contribution in [-0.4, -0.2) is 16.1 Å². The molecule has 1 N–H and O–H groups in total. The molecule has 0 unspecified atom stereocenters. The maximum atomic E-state index is 11.1. The molecule has 3 aromatic rings. The molecule has 0 saturated heterocycles. The number of ether oxygens (including phenoxy) is 1. The fraction of sp³-hybridized carbons (Fsp3) is 0.125. The molecule has 0 saturated carbocycles. The second kappa shape index (κ2) is 5.28. The molecular formula is C16H13NO4. The summed E-state index contributed by atoms with van der Waals surface area (Å²) in [6.07, 6.45) is 0. The van der Waals surface area contributed by atoms with Crippen molar-refractivity contribution >= 4 is 17.1 Å². The van der Waals surface area contributed by atoms with Crippen molar-refractivity contribution in [2.75, 3.05) is 0 Å². The number of nitrogens with zero attached hydrogens (tertiary/aromatic N) is 1. The normalized spacial score (nSPS) is 10.7. The molecule has 21 heavy (non-hydrogen) atoms. The second-order valence-electron chi connectivity index (χ2n) is 4.61. The summed E-state index contributed by atoms with van der Waals surface area (Å²) in [5.41, 5.74) is 2.29. The van der Waals surface area contributed by atoms with E-state index < -0.39 is 5.97 Å². The molecule has 0 radical (unpaired) electrons. The Bertz CT molecular complexity index is 807. The van der Waals surface area contributed by atoms with Crippen LogP contribution in [0.5, 0.6) is 5.75 Å². The van der Waals surface area contributed by atoms with E-state index in [1.165, 1.54) is 0 Å². The number of fused-ring (bicyclic) bond motifs is 1. The highest BCUT2D eigenvalue weighted by Gasteiger charge is 2.10. The van der Waals surface area contributed by atoms with Gasteiger partial charge in [-0.05, 0) is 18.2 Å². The molecule has 0 aliphatic rings. The molecule has 0 fully saturated rings. The summed E-state index contributed by atoms with van der Waals surface area (Å²) in [6.45, 7) is 1.97. The van der Waals surface area contributed by atoms with Crippen molar-refractivity contribution in [3.63, 3.8) is 0 Å². The number of oxazole rings is 1. The summed E-state index contributed by atoms with van der Waals surface area (Å²) in [5.74, 6) is 0.256. The second-order valence-corrected chi connectivity index (χ2v) is 4.61. The SMILES string of the molecule is Cc1nc2cc(OCc3ccccc3C(=O)O)ccc2o1. The van der Waals surface area contributed by atoms with Gasteiger partial charge in [0.2, 0.25) is 0 Å². The number of aromatic nitrogens is 1. The lowest BCUT2D eigenvalue weighted by molar-refractivity contribution is 0.0694. The first kappa shape index (κ1) is 13.2. The molecule has 0 amide bonds. The standard InChI is InChI=1S/C16H13NO4/c1-10-17-14-8-12(6-7-15(14)21-10)20-9-11-4-2-3-5-13(11)16(18)19/h2-8H,9H2,1H3,(H,18,19). The average molecular weight is 283 g/mol. The van der Waals surface area contributed by atoms with Crippen molar-refractivity contribution in [1.29, 1.82) is 0 Å². The van der Waals surface area contributed by atoms with Gasteiger partial charge in [-0.25, -0.2) is 9.78 Å². The number of hydrogen-bond acceptors (Lipinski definition) is 4. The zero-order valence-corrected chi connectivity index (χ0v) is 11.4. The number of rotatable bonds is 4. The summed E-state index contributed by atoms with van der Waals surface area (Å²) in [5, 5.41) is 9.13. The van der Waals surface area contributed by atoms with Crippen LogP contribution in [0.3, 0.4) is 0 Å². The number of hydrogen-bond donors (Lipinski definition) is 1. The van der Waals surface area contributed by atoms with Crippen LogP contribution in [0.2, 0.25) is 0 Å². The monoisotopic (exact) mass is 283 g/mol. The Balaban J connectivity index is 1.81. The molecule has 1 aromatic heterocycles. The van der Waals surface area contributed by atoms with Crippen LogP contribution in [0.4, 0.5) is 0 Å². The Labute approximate surface area is 120 Å². The molecule has 106 valence electrons. The van der Waals surface area contributed by atoms with Crippen LogP contribution in [0, 0.1) is 6.92 Å². The van der Waals surface area contributed by atoms with Gasteiger partial charge in [0.05, 0.1) is 5.56 Å². The largest absolute Gasteiger partial charge is 0.489 e. The molecule has 0 atom stereocenters. The highest BCUT2D eigenvalue weighted by Crippen LogP contribution is 2.22. The van der Waals surface area contributed by atoms with Crippen molar-refractivity contribution in [2.45, 2.75) is 13.5 Å². The Morgan fingerprint density at radius 2 is 2.10 bits per heavy atom. The van der Waals surface area contributed by atoms with Crippen LogP contribution in [-0.2, 0) is 6.61 Å². The van der Waals surface area contributed by atoms with Gasteiger partial charge in [-0.3, -0.25) is 0 Å². The average Bonchev–Trinajstić information content (AvgIpc) is 2.84. The summed E-state index contributed by atoms with van der Waals surface area (Å²) >= 11 is 0. The van der Waals surface area contributed by atoms with Crippen LogP contribution < -0.4 is 4.74 Å². The van der Waals surface area contributed by atoms with Crippen LogP contribution in [0.15, 0.2) is 46.9 Å². The highest BCUT2D eigenvalue weighted by molar-refractivity contribution is 5.89. The van der Waals surface area contributed by atoms with Gasteiger partial charge < -0.3 is 14.3 Å². The van der Waals surface area contributed by atoms with Crippen molar-refractivity contribution in [3.05, 3.63) is 59.5 Å². The minimum atomic E-state index is -0.961. The van der Waals surface area contributed by atoms with Gasteiger partial charge in [0.15, 0.2) is 11.5 Å². The molecule has 0 bridgehead atoms. The molecule has 0 spiro atoms. The molecule has 5 heteroatoms. The van der Waals surface area contributed by atoms with Gasteiger partial charge >= 0.3 is 5.97 Å². The fourth-order valence-electron chi connectivity index (χ4n) is 2.13. The van der Waals surface area contributed by atoms with E-state index in [0.29, 0.717) is 22.8 Å². The first-order chi connectivity index (χ1) is 10.1. The van der Waals surface area contributed by atoms with E-state index in [-0.39, 0.29) is 12.2 Å². The van der Waals surface area contributed by atoms with E-state index in [9.17, 15) is 4.79 Å². The number of carbonyl (C=O) groups is 1. The topological polar surface area (TPSA) is 72.6 Å². The van der Waals surface area contributed by atoms with E-state index >= 15 is 0 Å². The molecule has 1 heterocycles. The summed E-state index contributed by atoms with van der Waals surface area (Å²) in [7, 11) is 0. The number of aromatic carboxylic acids is 1. The Hall–Kier alpha value is -2.82. The van der Waals surface area contributed by atoms with Gasteiger partial charge in [-0.2, -0.15) is 0 Å². The maximum absolute atomic E-state index is 11.1. The number of benzene rings is 2. The summed E-state index contributed by atoms with van der Waals surface area (Å²) in [6, 6.07) is 12.1. The third-order valence-corrected chi connectivity index (χ3v) is 3.11. The van der Waals surface area contributed by atoms with Crippen molar-refractivity contribution in [2.24, 2.45) is 0 Å². The minimum absolute atomic E-state index is 0.185. The zero-order valence-electron chi connectivity index (χ0n) is 11.4. The molecule has 3 rings (SSSR count). The maximum Gasteiger partial charge on any atom is 0.336 e. The van der Waals surface area contributed by atoms with Gasteiger partial charge in [0.25, 0.3) is 0 Å². The molecular weight excluding hydrogens is 270 g/mol. The lowest BCUT2D eigenvalue weighted by Gasteiger charge is -2.08. The lowest BCUT2D eigenvalue weighted by Crippen LogP contribution is -2.05. The Morgan fingerprint density at radius 1 is 1.29 bits per heavy atom. The van der Waals surface area contributed by atoms with Gasteiger partial charge in [0, 0.05) is 18.6 Å². The molecule has 2 aromatic carbocycles. The van der Waals surface area contributed by atoms with E-state index in [4.69, 9.17) is 14.3 Å². The third kappa shape index (κ3) is 2.72. The number of carboxylic acid groups (broad SMARTS) is 1. The Kier molecular flexibility index (Phi) is 3.31. The fourth-order valence-corrected chi connectivity index (χ4v) is 2.13. The quantitative estimate of drug-likeness (QED) is 0.794. The molecule has 0 aliphatic heterocycles. The lowest BCUT2D eigenvalue weighted by atomic mass is 10.1. The van der Waals surface area contributed by atoms with E-state index in [1.54, 1.807) is 49.4 Å². The first-order valence-corrected chi connectivity index (χ1v) is 6.44. The molecule has 0 aliphatic carbocycles. The van der Waals surface area contributed by atoms with Crippen LogP contribution in [0.25, 0.3) is 11.1 Å². The van der Waals surface area contributed by atoms with Crippen molar-refractivity contribution < 1.29 is 19.1 Å². The third-order valence-electron chi connectivity index (χ3n) is 3.11. The highest BCUT2D eigenvalue weighted by atomic mass is 16.5. The Morgan fingerprint density at radius 3 is 2.90 bits per heavy atom. The minimum Gasteiger partial charge on any atom is -0.489 e. The van der Waals surface area contributed by atoms with Gasteiger partial charge in [-0.1, -0.05) is 18.2 Å². The van der Waals surface area contributed by atoms with Crippen molar-refractivity contribution in [1.82, 2.24) is 4.98 Å². The van der Waals surface area contributed by atoms with Crippen LogP contribution in [0.1, 0.15) is 21.8 Å². The first-order valence-electron chi connectivity index (χ1n) is 6.44. The number of aryl methyl sites for hydroxylation is 1. The predicted octanol–water partition coefficient (Wildman–Crippen LogP) is 3.41. The van der Waals surface area contributed by atoms with E-state index in [1.807, 2.05) is 0 Å².